The van der Waals surface area contributed by atoms with E-state index in [1.807, 2.05) is 26.0 Å². The minimum Gasteiger partial charge on any atom is -0.489 e. The van der Waals surface area contributed by atoms with Crippen LogP contribution < -0.4 is 15.2 Å². The second-order valence-electron chi connectivity index (χ2n) is 3.85. The Morgan fingerprint density at radius 2 is 2.17 bits per heavy atom. The fourth-order valence-corrected chi connectivity index (χ4v) is 1.71. The van der Waals surface area contributed by atoms with E-state index in [1.165, 1.54) is 11.3 Å². The van der Waals surface area contributed by atoms with Gasteiger partial charge in [0.05, 0.1) is 18.0 Å². The summed E-state index contributed by atoms with van der Waals surface area (Å²) in [6.07, 6.45) is 1.81. The van der Waals surface area contributed by atoms with E-state index in [0.29, 0.717) is 16.9 Å². The quantitative estimate of drug-likeness (QED) is 0.889. The molecule has 0 spiro atoms. The van der Waals surface area contributed by atoms with Crippen molar-refractivity contribution < 1.29 is 9.47 Å². The van der Waals surface area contributed by atoms with Gasteiger partial charge in [-0.1, -0.05) is 5.10 Å². The Labute approximate surface area is 109 Å². The van der Waals surface area contributed by atoms with Crippen LogP contribution in [0.5, 0.6) is 10.9 Å². The summed E-state index contributed by atoms with van der Waals surface area (Å²) in [6, 6.07) is 3.71. The molecule has 2 heterocycles. The monoisotopic (exact) mass is 266 g/mol. The molecular formula is C11H14N4O2S. The van der Waals surface area contributed by atoms with E-state index in [2.05, 4.69) is 15.2 Å². The molecule has 0 radical (unpaired) electrons. The van der Waals surface area contributed by atoms with Crippen molar-refractivity contribution in [2.75, 3.05) is 5.73 Å². The zero-order chi connectivity index (χ0) is 13.0. The Hall–Kier alpha value is -1.89. The molecule has 0 aliphatic carbocycles. The average Bonchev–Trinajstić information content (AvgIpc) is 2.74. The Bertz CT molecular complexity index is 498. The van der Waals surface area contributed by atoms with Crippen LogP contribution in [-0.4, -0.2) is 21.3 Å². The lowest BCUT2D eigenvalue weighted by atomic mass is 10.3. The minimum atomic E-state index is 0.137. The van der Waals surface area contributed by atoms with Crippen LogP contribution >= 0.6 is 11.3 Å². The highest BCUT2D eigenvalue weighted by molar-refractivity contribution is 7.16. The summed E-state index contributed by atoms with van der Waals surface area (Å²) in [5.74, 6) is 0.744. The van der Waals surface area contributed by atoms with E-state index in [1.54, 1.807) is 6.20 Å². The molecule has 0 aliphatic heterocycles. The fraction of sp³-hybridized carbons (Fsp3) is 0.364. The molecule has 0 amide bonds. The number of hydrogen-bond donors (Lipinski definition) is 1. The molecule has 0 bridgehead atoms. The molecule has 2 aromatic rings. The molecule has 0 saturated heterocycles. The molecule has 6 nitrogen and oxygen atoms in total. The topological polar surface area (TPSA) is 83.2 Å². The highest BCUT2D eigenvalue weighted by Crippen LogP contribution is 2.20. The van der Waals surface area contributed by atoms with Gasteiger partial charge >= 0.3 is 0 Å². The van der Waals surface area contributed by atoms with Gasteiger partial charge in [0, 0.05) is 0 Å². The average molecular weight is 266 g/mol. The maximum absolute atomic E-state index is 5.50. The predicted octanol–water partition coefficient (Wildman–Crippen LogP) is 1.88. The number of nitrogens with two attached hydrogens (primary N) is 1. The number of rotatable bonds is 5. The van der Waals surface area contributed by atoms with Crippen molar-refractivity contribution in [3.05, 3.63) is 24.0 Å². The Morgan fingerprint density at radius 1 is 1.33 bits per heavy atom. The van der Waals surface area contributed by atoms with Crippen molar-refractivity contribution in [3.63, 3.8) is 0 Å². The van der Waals surface area contributed by atoms with E-state index in [4.69, 9.17) is 15.2 Å². The van der Waals surface area contributed by atoms with Gasteiger partial charge in [-0.15, -0.1) is 5.10 Å². The number of nitrogens with zero attached hydrogens (tertiary/aromatic N) is 3. The molecule has 0 saturated carbocycles. The maximum Gasteiger partial charge on any atom is 0.296 e. The van der Waals surface area contributed by atoms with Crippen molar-refractivity contribution in [3.8, 4) is 10.9 Å². The summed E-state index contributed by atoms with van der Waals surface area (Å²) >= 11 is 1.20. The second kappa shape index (κ2) is 5.63. The molecule has 2 rings (SSSR count). The number of aromatic nitrogens is 3. The second-order valence-corrected chi connectivity index (χ2v) is 4.82. The molecule has 2 aromatic heterocycles. The first-order chi connectivity index (χ1) is 8.63. The summed E-state index contributed by atoms with van der Waals surface area (Å²) in [7, 11) is 0. The van der Waals surface area contributed by atoms with Gasteiger partial charge in [-0.05, 0) is 37.3 Å². The largest absolute Gasteiger partial charge is 0.489 e. The standard InChI is InChI=1S/C11H14N4O2S/c1-7(2)17-9-4-3-8(13-5-9)6-16-11-15-14-10(12)18-11/h3-5,7H,6H2,1-2H3,(H2,12,14). The Kier molecular flexibility index (Phi) is 3.93. The Balaban J connectivity index is 1.90. The summed E-state index contributed by atoms with van der Waals surface area (Å²) in [5, 5.41) is 8.24. The molecule has 18 heavy (non-hydrogen) atoms. The van der Waals surface area contributed by atoms with Gasteiger partial charge in [0.2, 0.25) is 5.13 Å². The summed E-state index contributed by atoms with van der Waals surface area (Å²) < 4.78 is 10.9. The van der Waals surface area contributed by atoms with Crippen molar-refractivity contribution in [2.45, 2.75) is 26.6 Å². The number of hydrogen-bond acceptors (Lipinski definition) is 7. The van der Waals surface area contributed by atoms with E-state index in [9.17, 15) is 0 Å². The van der Waals surface area contributed by atoms with Gasteiger partial charge in [-0.2, -0.15) is 0 Å². The zero-order valence-corrected chi connectivity index (χ0v) is 11.0. The van der Waals surface area contributed by atoms with Crippen molar-refractivity contribution in [1.82, 2.24) is 15.2 Å². The predicted molar refractivity (Wildman–Crippen MR) is 68.7 cm³/mol. The van der Waals surface area contributed by atoms with Crippen LogP contribution in [0.25, 0.3) is 0 Å². The lowest BCUT2D eigenvalue weighted by Gasteiger charge is -2.09. The van der Waals surface area contributed by atoms with Gasteiger partial charge in [-0.3, -0.25) is 4.98 Å². The van der Waals surface area contributed by atoms with Crippen LogP contribution in [-0.2, 0) is 6.61 Å². The zero-order valence-electron chi connectivity index (χ0n) is 10.2. The van der Waals surface area contributed by atoms with E-state index >= 15 is 0 Å². The highest BCUT2D eigenvalue weighted by Gasteiger charge is 2.04. The summed E-state index contributed by atoms with van der Waals surface area (Å²) in [4.78, 5) is 4.23. The fourth-order valence-electron chi connectivity index (χ4n) is 1.25. The first-order valence-corrected chi connectivity index (χ1v) is 6.28. The lowest BCUT2D eigenvalue weighted by Crippen LogP contribution is -2.06. The minimum absolute atomic E-state index is 0.137. The summed E-state index contributed by atoms with van der Waals surface area (Å²) in [5.41, 5.74) is 6.24. The van der Waals surface area contributed by atoms with Gasteiger partial charge in [0.15, 0.2) is 0 Å². The molecule has 0 atom stereocenters. The third kappa shape index (κ3) is 3.56. The molecule has 0 aromatic carbocycles. The van der Waals surface area contributed by atoms with Crippen molar-refractivity contribution >= 4 is 16.5 Å². The molecule has 0 fully saturated rings. The van der Waals surface area contributed by atoms with Crippen LogP contribution in [0.15, 0.2) is 18.3 Å². The van der Waals surface area contributed by atoms with Gasteiger partial charge in [0.1, 0.15) is 12.4 Å². The van der Waals surface area contributed by atoms with Crippen LogP contribution in [0.2, 0.25) is 0 Å². The molecule has 0 unspecified atom stereocenters. The van der Waals surface area contributed by atoms with Crippen LogP contribution in [0.3, 0.4) is 0 Å². The van der Waals surface area contributed by atoms with Gasteiger partial charge in [0.25, 0.3) is 5.19 Å². The molecule has 96 valence electrons. The van der Waals surface area contributed by atoms with Gasteiger partial charge < -0.3 is 15.2 Å². The normalized spacial score (nSPS) is 10.6. The van der Waals surface area contributed by atoms with Gasteiger partial charge in [-0.25, -0.2) is 0 Å². The van der Waals surface area contributed by atoms with Crippen molar-refractivity contribution in [2.24, 2.45) is 0 Å². The van der Waals surface area contributed by atoms with E-state index < -0.39 is 0 Å². The first-order valence-electron chi connectivity index (χ1n) is 5.47. The number of ether oxygens (including phenoxy) is 2. The Morgan fingerprint density at radius 3 is 2.72 bits per heavy atom. The third-order valence-electron chi connectivity index (χ3n) is 1.94. The van der Waals surface area contributed by atoms with Crippen LogP contribution in [0, 0.1) is 0 Å². The van der Waals surface area contributed by atoms with Crippen LogP contribution in [0.1, 0.15) is 19.5 Å². The number of nitrogen functional groups attached to an aromatic ring is 1. The number of pyridine rings is 1. The molecular weight excluding hydrogens is 252 g/mol. The third-order valence-corrected chi connectivity index (χ3v) is 2.60. The first kappa shape index (κ1) is 12.6. The van der Waals surface area contributed by atoms with Crippen LogP contribution in [0.4, 0.5) is 5.13 Å². The van der Waals surface area contributed by atoms with Crippen molar-refractivity contribution in [1.29, 1.82) is 0 Å². The SMILES string of the molecule is CC(C)Oc1ccc(COc2nnc(N)s2)nc1. The molecule has 7 heteroatoms. The number of anilines is 1. The highest BCUT2D eigenvalue weighted by atomic mass is 32.1. The summed E-state index contributed by atoms with van der Waals surface area (Å²) in [6.45, 7) is 4.27. The maximum atomic E-state index is 5.50. The molecule has 2 N–H and O–H groups in total. The smallest absolute Gasteiger partial charge is 0.296 e. The van der Waals surface area contributed by atoms with E-state index in [-0.39, 0.29) is 6.10 Å². The lowest BCUT2D eigenvalue weighted by molar-refractivity contribution is 0.240. The molecule has 0 aliphatic rings. The van der Waals surface area contributed by atoms with E-state index in [0.717, 1.165) is 11.4 Å².